The van der Waals surface area contributed by atoms with Gasteiger partial charge < -0.3 is 0 Å². The Morgan fingerprint density at radius 2 is 2.11 bits per heavy atom. The third-order valence-corrected chi connectivity index (χ3v) is 4.60. The summed E-state index contributed by atoms with van der Waals surface area (Å²) in [6.45, 7) is 2.01. The lowest BCUT2D eigenvalue weighted by Gasteiger charge is -2.29. The number of hydrogen-bond acceptors (Lipinski definition) is 3. The minimum atomic E-state index is 0.311. The first-order valence-corrected chi connectivity index (χ1v) is 7.15. The molecule has 3 N–H and O–H groups in total. The Bertz CT molecular complexity index is 396. The van der Waals surface area contributed by atoms with Gasteiger partial charge in [-0.3, -0.25) is 16.0 Å². The summed E-state index contributed by atoms with van der Waals surface area (Å²) in [7, 11) is 1.88. The van der Waals surface area contributed by atoms with Crippen molar-refractivity contribution in [3.8, 4) is 0 Å². The molecule has 2 rings (SSSR count). The first kappa shape index (κ1) is 13.8. The zero-order chi connectivity index (χ0) is 13.1. The molecule has 0 aliphatic heterocycles. The summed E-state index contributed by atoms with van der Waals surface area (Å²) in [5.41, 5.74) is 5.13. The van der Waals surface area contributed by atoms with Crippen molar-refractivity contribution in [3.05, 3.63) is 16.4 Å². The average molecular weight is 271 g/mol. The fraction of sp³-hybridized carbons (Fsp3) is 0.769. The van der Waals surface area contributed by atoms with E-state index in [1.165, 1.54) is 32.1 Å². The summed E-state index contributed by atoms with van der Waals surface area (Å²) >= 11 is 6.29. The quantitative estimate of drug-likeness (QED) is 0.652. The summed E-state index contributed by atoms with van der Waals surface area (Å²) in [6, 6.07) is 0.311. The number of nitrogens with one attached hydrogen (secondary N) is 1. The Morgan fingerprint density at radius 1 is 1.44 bits per heavy atom. The molecule has 0 bridgehead atoms. The van der Waals surface area contributed by atoms with E-state index in [0.717, 1.165) is 22.8 Å². The van der Waals surface area contributed by atoms with Crippen molar-refractivity contribution in [1.29, 1.82) is 0 Å². The Kier molecular flexibility index (Phi) is 4.65. The lowest BCUT2D eigenvalue weighted by Crippen LogP contribution is -2.43. The first-order valence-electron chi connectivity index (χ1n) is 6.77. The Hall–Kier alpha value is -0.580. The van der Waals surface area contributed by atoms with Crippen LogP contribution in [0.3, 0.4) is 0 Å². The monoisotopic (exact) mass is 270 g/mol. The number of aromatic nitrogens is 2. The maximum absolute atomic E-state index is 6.29. The van der Waals surface area contributed by atoms with Crippen molar-refractivity contribution in [3.63, 3.8) is 0 Å². The molecule has 0 amide bonds. The molecule has 1 heterocycles. The van der Waals surface area contributed by atoms with Gasteiger partial charge in [-0.25, -0.2) is 0 Å². The molecule has 1 unspecified atom stereocenters. The predicted octanol–water partition coefficient (Wildman–Crippen LogP) is 2.34. The van der Waals surface area contributed by atoms with Gasteiger partial charge in [-0.15, -0.1) is 0 Å². The molecule has 5 heteroatoms. The van der Waals surface area contributed by atoms with Gasteiger partial charge >= 0.3 is 0 Å². The maximum atomic E-state index is 6.29. The van der Waals surface area contributed by atoms with E-state index in [4.69, 9.17) is 17.4 Å². The van der Waals surface area contributed by atoms with Gasteiger partial charge in [-0.05, 0) is 32.1 Å². The van der Waals surface area contributed by atoms with Crippen LogP contribution in [-0.4, -0.2) is 15.8 Å². The molecule has 1 fully saturated rings. The number of nitrogens with zero attached hydrogens (tertiary/aromatic N) is 2. The van der Waals surface area contributed by atoms with Crippen LogP contribution in [0.15, 0.2) is 0 Å². The Balaban J connectivity index is 2.09. The molecule has 0 spiro atoms. The first-order chi connectivity index (χ1) is 8.63. The molecule has 1 aliphatic carbocycles. The molecule has 1 aromatic heterocycles. The second kappa shape index (κ2) is 6.04. The number of nitrogens with two attached hydrogens (primary N) is 1. The molecule has 1 atom stereocenters. The van der Waals surface area contributed by atoms with Crippen LogP contribution in [0.25, 0.3) is 0 Å². The second-order valence-corrected chi connectivity index (χ2v) is 5.71. The molecule has 1 saturated carbocycles. The average Bonchev–Trinajstić information content (AvgIpc) is 2.62. The smallest absolute Gasteiger partial charge is 0.130 e. The molecule has 18 heavy (non-hydrogen) atoms. The van der Waals surface area contributed by atoms with Crippen molar-refractivity contribution in [2.45, 2.75) is 51.5 Å². The molecular weight excluding hydrogens is 248 g/mol. The number of hydrogen-bond donors (Lipinski definition) is 2. The van der Waals surface area contributed by atoms with Crippen LogP contribution in [0.4, 0.5) is 0 Å². The van der Waals surface area contributed by atoms with Crippen LogP contribution < -0.4 is 11.3 Å². The van der Waals surface area contributed by atoms with Crippen molar-refractivity contribution in [1.82, 2.24) is 15.2 Å². The zero-order valence-electron chi connectivity index (χ0n) is 11.2. The van der Waals surface area contributed by atoms with E-state index >= 15 is 0 Å². The normalized spacial score (nSPS) is 19.1. The van der Waals surface area contributed by atoms with E-state index < -0.39 is 0 Å². The van der Waals surface area contributed by atoms with Gasteiger partial charge in [0.15, 0.2) is 0 Å². The van der Waals surface area contributed by atoms with E-state index in [0.29, 0.717) is 12.0 Å². The Morgan fingerprint density at radius 3 is 2.61 bits per heavy atom. The SMILES string of the molecule is Cc1nn(C)c(Cl)c1CC(NN)C1CCCCC1. The topological polar surface area (TPSA) is 55.9 Å². The van der Waals surface area contributed by atoms with Crippen molar-refractivity contribution < 1.29 is 0 Å². The van der Waals surface area contributed by atoms with Crippen molar-refractivity contribution >= 4 is 11.6 Å². The highest BCUT2D eigenvalue weighted by atomic mass is 35.5. The zero-order valence-corrected chi connectivity index (χ0v) is 12.0. The lowest BCUT2D eigenvalue weighted by molar-refractivity contribution is 0.268. The third kappa shape index (κ3) is 2.87. The summed E-state index contributed by atoms with van der Waals surface area (Å²) < 4.78 is 1.74. The fourth-order valence-electron chi connectivity index (χ4n) is 3.02. The number of aryl methyl sites for hydroxylation is 2. The van der Waals surface area contributed by atoms with Gasteiger partial charge in [0.25, 0.3) is 0 Å². The minimum absolute atomic E-state index is 0.311. The molecular formula is C13H23ClN4. The van der Waals surface area contributed by atoms with E-state index in [2.05, 4.69) is 10.5 Å². The van der Waals surface area contributed by atoms with Crippen LogP contribution in [-0.2, 0) is 13.5 Å². The van der Waals surface area contributed by atoms with Crippen LogP contribution in [0.2, 0.25) is 5.15 Å². The highest BCUT2D eigenvalue weighted by molar-refractivity contribution is 6.30. The van der Waals surface area contributed by atoms with E-state index in [-0.39, 0.29) is 0 Å². The molecule has 102 valence electrons. The number of hydrazine groups is 1. The molecule has 4 nitrogen and oxygen atoms in total. The van der Waals surface area contributed by atoms with Gasteiger partial charge in [0.1, 0.15) is 5.15 Å². The van der Waals surface area contributed by atoms with Crippen molar-refractivity contribution in [2.24, 2.45) is 18.8 Å². The van der Waals surface area contributed by atoms with Gasteiger partial charge in [-0.2, -0.15) is 5.10 Å². The molecule has 0 saturated heterocycles. The number of rotatable bonds is 4. The van der Waals surface area contributed by atoms with Crippen LogP contribution in [0.1, 0.15) is 43.4 Å². The predicted molar refractivity (Wildman–Crippen MR) is 74.3 cm³/mol. The minimum Gasteiger partial charge on any atom is -0.271 e. The van der Waals surface area contributed by atoms with Gasteiger partial charge in [0.05, 0.1) is 5.69 Å². The second-order valence-electron chi connectivity index (χ2n) is 5.35. The van der Waals surface area contributed by atoms with Crippen molar-refractivity contribution in [2.75, 3.05) is 0 Å². The summed E-state index contributed by atoms with van der Waals surface area (Å²) in [5, 5.41) is 5.10. The highest BCUT2D eigenvalue weighted by Gasteiger charge is 2.25. The van der Waals surface area contributed by atoms with Gasteiger partial charge in [-0.1, -0.05) is 30.9 Å². The number of halogens is 1. The van der Waals surface area contributed by atoms with Gasteiger partial charge in [0.2, 0.25) is 0 Å². The van der Waals surface area contributed by atoms with E-state index in [1.807, 2.05) is 14.0 Å². The highest BCUT2D eigenvalue weighted by Crippen LogP contribution is 2.29. The molecule has 1 aromatic rings. The third-order valence-electron chi connectivity index (χ3n) is 4.13. The van der Waals surface area contributed by atoms with E-state index in [1.54, 1.807) is 4.68 Å². The van der Waals surface area contributed by atoms with E-state index in [9.17, 15) is 0 Å². The molecule has 0 aromatic carbocycles. The molecule has 1 aliphatic rings. The summed E-state index contributed by atoms with van der Waals surface area (Å²) in [5.74, 6) is 6.40. The standard InChI is InChI=1S/C13H23ClN4/c1-9-11(13(14)18(2)17-9)8-12(16-15)10-6-4-3-5-7-10/h10,12,16H,3-8,15H2,1-2H3. The van der Waals surface area contributed by atoms with Crippen LogP contribution in [0.5, 0.6) is 0 Å². The van der Waals surface area contributed by atoms with Gasteiger partial charge in [0, 0.05) is 18.7 Å². The largest absolute Gasteiger partial charge is 0.271 e. The molecule has 0 radical (unpaired) electrons. The van der Waals surface area contributed by atoms with Crippen LogP contribution >= 0.6 is 11.6 Å². The Labute approximate surface area is 114 Å². The van der Waals surface area contributed by atoms with Crippen LogP contribution in [0, 0.1) is 12.8 Å². The lowest BCUT2D eigenvalue weighted by atomic mass is 9.82. The summed E-state index contributed by atoms with van der Waals surface area (Å²) in [6.07, 6.45) is 7.42. The summed E-state index contributed by atoms with van der Waals surface area (Å²) in [4.78, 5) is 0. The maximum Gasteiger partial charge on any atom is 0.130 e. The fourth-order valence-corrected chi connectivity index (χ4v) is 3.28.